The second-order valence-electron chi connectivity index (χ2n) is 10.3. The third kappa shape index (κ3) is 4.38. The van der Waals surface area contributed by atoms with Crippen molar-refractivity contribution in [3.63, 3.8) is 0 Å². The number of aromatic nitrogens is 5. The van der Waals surface area contributed by atoms with Gasteiger partial charge in [0.25, 0.3) is 0 Å². The number of carbonyl (C=O) groups is 1. The maximum absolute atomic E-state index is 11.8. The zero-order valence-corrected chi connectivity index (χ0v) is 22.0. The van der Waals surface area contributed by atoms with Gasteiger partial charge < -0.3 is 20.3 Å². The largest absolute Gasteiger partial charge is 0.382 e. The van der Waals surface area contributed by atoms with E-state index in [9.17, 15) is 4.79 Å². The molecule has 0 aliphatic carbocycles. The minimum absolute atomic E-state index is 0.126. The van der Waals surface area contributed by atoms with Gasteiger partial charge in [0.15, 0.2) is 5.82 Å². The first kappa shape index (κ1) is 24.4. The monoisotopic (exact) mass is 514 g/mol. The molecule has 0 radical (unpaired) electrons. The normalized spacial score (nSPS) is 17.3. The van der Waals surface area contributed by atoms with E-state index < -0.39 is 0 Å². The van der Waals surface area contributed by atoms with Crippen LogP contribution in [0.4, 0.5) is 11.5 Å². The van der Waals surface area contributed by atoms with Gasteiger partial charge in [-0.3, -0.25) is 9.48 Å². The number of anilines is 2. The van der Waals surface area contributed by atoms with Gasteiger partial charge >= 0.3 is 0 Å². The van der Waals surface area contributed by atoms with Crippen LogP contribution in [-0.2, 0) is 9.53 Å². The summed E-state index contributed by atoms with van der Waals surface area (Å²) >= 11 is 0. The summed E-state index contributed by atoms with van der Waals surface area (Å²) in [5.74, 6) is 0.564. The lowest BCUT2D eigenvalue weighted by atomic mass is 10.0. The Labute approximate surface area is 222 Å². The number of fused-ring (bicyclic) bond motifs is 1. The van der Waals surface area contributed by atoms with Crippen LogP contribution >= 0.6 is 0 Å². The number of nitrogens with two attached hydrogens (primary N) is 1. The molecule has 0 unspecified atom stereocenters. The Morgan fingerprint density at radius 3 is 2.61 bits per heavy atom. The number of carbonyl (C=O) groups excluding carboxylic acids is 1. The van der Waals surface area contributed by atoms with Gasteiger partial charge in [0, 0.05) is 69.3 Å². The van der Waals surface area contributed by atoms with E-state index in [4.69, 9.17) is 10.5 Å². The molecule has 0 saturated carbocycles. The van der Waals surface area contributed by atoms with Gasteiger partial charge in [-0.05, 0) is 49.9 Å². The molecule has 6 rings (SSSR count). The quantitative estimate of drug-likeness (QED) is 0.433. The van der Waals surface area contributed by atoms with Crippen LogP contribution in [-0.4, -0.2) is 74.6 Å². The van der Waals surface area contributed by atoms with Gasteiger partial charge in [0.05, 0.1) is 17.4 Å². The van der Waals surface area contributed by atoms with Crippen molar-refractivity contribution in [1.29, 1.82) is 0 Å². The number of benzene rings is 1. The second-order valence-corrected chi connectivity index (χ2v) is 10.3. The topological polar surface area (TPSA) is 107 Å². The Kier molecular flexibility index (Phi) is 6.49. The summed E-state index contributed by atoms with van der Waals surface area (Å²) in [5.41, 5.74) is 12.4. The van der Waals surface area contributed by atoms with Crippen LogP contribution < -0.4 is 10.6 Å². The molecule has 4 aromatic rings. The van der Waals surface area contributed by atoms with Crippen molar-refractivity contribution < 1.29 is 9.53 Å². The summed E-state index contributed by atoms with van der Waals surface area (Å²) in [5, 5.41) is 9.28. The van der Waals surface area contributed by atoms with Crippen LogP contribution in [0, 0.1) is 0 Å². The Morgan fingerprint density at radius 1 is 1.05 bits per heavy atom. The average molecular weight is 515 g/mol. The predicted octanol–water partition coefficient (Wildman–Crippen LogP) is 3.64. The third-order valence-electron chi connectivity index (χ3n) is 8.08. The molecule has 3 aromatic heterocycles. The second kappa shape index (κ2) is 10.1. The summed E-state index contributed by atoms with van der Waals surface area (Å²) < 4.78 is 9.58. The molecule has 0 bridgehead atoms. The van der Waals surface area contributed by atoms with E-state index in [0.717, 1.165) is 85.7 Å². The van der Waals surface area contributed by atoms with E-state index in [1.165, 1.54) is 6.33 Å². The molecule has 198 valence electrons. The van der Waals surface area contributed by atoms with Crippen LogP contribution in [0.3, 0.4) is 0 Å². The SMILES string of the molecule is CC(=O)N(C)C1CCN(c2cccc(-c3cc(-c4ccnn4C4CCOCC4)c4c(N)ncnn34)c2)CC1. The van der Waals surface area contributed by atoms with Gasteiger partial charge in [-0.15, -0.1) is 0 Å². The summed E-state index contributed by atoms with van der Waals surface area (Å²) in [4.78, 5) is 20.4. The number of ether oxygens (including phenoxy) is 1. The van der Waals surface area contributed by atoms with Crippen LogP contribution in [0.2, 0.25) is 0 Å². The first-order valence-electron chi connectivity index (χ1n) is 13.3. The smallest absolute Gasteiger partial charge is 0.219 e. The van der Waals surface area contributed by atoms with Crippen molar-refractivity contribution in [3.05, 3.63) is 48.9 Å². The molecule has 1 amide bonds. The fourth-order valence-electron chi connectivity index (χ4n) is 5.85. The van der Waals surface area contributed by atoms with Crippen LogP contribution in [0.15, 0.2) is 48.9 Å². The summed E-state index contributed by atoms with van der Waals surface area (Å²) in [6.07, 6.45) is 7.13. The molecule has 1 aromatic carbocycles. The highest BCUT2D eigenvalue weighted by molar-refractivity contribution is 5.91. The lowest BCUT2D eigenvalue weighted by Crippen LogP contribution is -2.45. The maximum atomic E-state index is 11.8. The van der Waals surface area contributed by atoms with E-state index in [2.05, 4.69) is 55.1 Å². The van der Waals surface area contributed by atoms with Gasteiger partial charge in [0.2, 0.25) is 5.91 Å². The molecule has 2 aliphatic heterocycles. The first-order valence-corrected chi connectivity index (χ1v) is 13.3. The lowest BCUT2D eigenvalue weighted by molar-refractivity contribution is -0.129. The molecule has 2 aliphatic rings. The van der Waals surface area contributed by atoms with Crippen molar-refractivity contribution in [2.75, 3.05) is 44.0 Å². The van der Waals surface area contributed by atoms with Crippen molar-refractivity contribution >= 4 is 22.9 Å². The molecular formula is C28H34N8O2. The summed E-state index contributed by atoms with van der Waals surface area (Å²) in [6, 6.07) is 13.3. The average Bonchev–Trinajstić information content (AvgIpc) is 3.59. The Hall–Kier alpha value is -3.92. The molecule has 2 saturated heterocycles. The van der Waals surface area contributed by atoms with E-state index in [0.29, 0.717) is 11.9 Å². The van der Waals surface area contributed by atoms with Crippen molar-refractivity contribution in [1.82, 2.24) is 29.3 Å². The minimum atomic E-state index is 0.126. The number of nitrogen functional groups attached to an aromatic ring is 1. The highest BCUT2D eigenvalue weighted by atomic mass is 16.5. The lowest BCUT2D eigenvalue weighted by Gasteiger charge is -2.37. The van der Waals surface area contributed by atoms with E-state index in [1.54, 1.807) is 6.92 Å². The molecule has 0 atom stereocenters. The van der Waals surface area contributed by atoms with Gasteiger partial charge in [-0.25, -0.2) is 9.50 Å². The summed E-state index contributed by atoms with van der Waals surface area (Å²) in [7, 11) is 1.90. The zero-order valence-electron chi connectivity index (χ0n) is 22.0. The third-order valence-corrected chi connectivity index (χ3v) is 8.08. The number of hydrogen-bond donors (Lipinski definition) is 1. The highest BCUT2D eigenvalue weighted by Crippen LogP contribution is 2.37. The van der Waals surface area contributed by atoms with E-state index in [1.807, 2.05) is 28.7 Å². The van der Waals surface area contributed by atoms with Crippen LogP contribution in [0.1, 0.15) is 38.6 Å². The molecule has 2 fully saturated rings. The molecule has 10 nitrogen and oxygen atoms in total. The molecule has 38 heavy (non-hydrogen) atoms. The van der Waals surface area contributed by atoms with Crippen molar-refractivity contribution in [2.45, 2.75) is 44.7 Å². The summed E-state index contributed by atoms with van der Waals surface area (Å²) in [6.45, 7) is 4.94. The number of amides is 1. The molecule has 10 heteroatoms. The van der Waals surface area contributed by atoms with E-state index >= 15 is 0 Å². The minimum Gasteiger partial charge on any atom is -0.382 e. The predicted molar refractivity (Wildman–Crippen MR) is 147 cm³/mol. The molecule has 0 spiro atoms. The first-order chi connectivity index (χ1) is 18.5. The number of piperidine rings is 1. The fourth-order valence-corrected chi connectivity index (χ4v) is 5.85. The zero-order chi connectivity index (χ0) is 26.2. The van der Waals surface area contributed by atoms with Gasteiger partial charge in [-0.1, -0.05) is 12.1 Å². The van der Waals surface area contributed by atoms with Crippen molar-refractivity contribution in [3.8, 4) is 22.5 Å². The van der Waals surface area contributed by atoms with Gasteiger partial charge in [0.1, 0.15) is 11.8 Å². The Bertz CT molecular complexity index is 1450. The number of rotatable bonds is 5. The Balaban J connectivity index is 1.35. The fraction of sp³-hybridized carbons (Fsp3) is 0.429. The number of hydrogen-bond acceptors (Lipinski definition) is 7. The van der Waals surface area contributed by atoms with Crippen molar-refractivity contribution in [2.24, 2.45) is 0 Å². The molecule has 5 heterocycles. The van der Waals surface area contributed by atoms with E-state index in [-0.39, 0.29) is 11.9 Å². The van der Waals surface area contributed by atoms with Crippen LogP contribution in [0.25, 0.3) is 28.0 Å². The molecular weight excluding hydrogens is 480 g/mol. The number of nitrogens with zero attached hydrogens (tertiary/aromatic N) is 7. The standard InChI is InChI=1S/C28H34N8O2/c1-19(37)33(2)21-7-12-34(13-8-21)23-5-3-4-20(16-23)26-17-24(27-28(29)30-18-32-36(26)27)25-6-11-31-35(25)22-9-14-38-15-10-22/h3-6,11,16-18,21-22H,7-10,12-15H2,1-2H3,(H2,29,30,32). The molecule has 2 N–H and O–H groups in total. The van der Waals surface area contributed by atoms with Crippen LogP contribution in [0.5, 0.6) is 0 Å². The highest BCUT2D eigenvalue weighted by Gasteiger charge is 2.26. The Morgan fingerprint density at radius 2 is 1.84 bits per heavy atom. The van der Waals surface area contributed by atoms with Gasteiger partial charge in [-0.2, -0.15) is 10.2 Å². The maximum Gasteiger partial charge on any atom is 0.219 e.